The van der Waals surface area contributed by atoms with E-state index in [1.807, 2.05) is 13.1 Å². The van der Waals surface area contributed by atoms with Gasteiger partial charge in [-0.25, -0.2) is 4.39 Å². The van der Waals surface area contributed by atoms with Crippen molar-refractivity contribution < 1.29 is 4.39 Å². The second kappa shape index (κ2) is 6.15. The molecule has 1 aromatic carbocycles. The molecule has 2 aromatic rings. The summed E-state index contributed by atoms with van der Waals surface area (Å²) in [7, 11) is 0. The average molecular weight is 298 g/mol. The summed E-state index contributed by atoms with van der Waals surface area (Å²) < 4.78 is 13.6. The Bertz CT molecular complexity index is 687. The van der Waals surface area contributed by atoms with Crippen molar-refractivity contribution in [2.24, 2.45) is 11.8 Å². The van der Waals surface area contributed by atoms with E-state index in [2.05, 4.69) is 18.0 Å². The van der Waals surface area contributed by atoms with Crippen molar-refractivity contribution in [3.63, 3.8) is 0 Å². The lowest BCUT2D eigenvalue weighted by molar-refractivity contribution is 0.286. The number of aromatic nitrogens is 1. The summed E-state index contributed by atoms with van der Waals surface area (Å²) >= 11 is 0. The highest BCUT2D eigenvalue weighted by Crippen LogP contribution is 2.40. The highest BCUT2D eigenvalue weighted by atomic mass is 19.1. The van der Waals surface area contributed by atoms with Crippen LogP contribution in [-0.4, -0.2) is 10.7 Å². The largest absolute Gasteiger partial charge is 0.310 e. The van der Waals surface area contributed by atoms with Gasteiger partial charge in [0.1, 0.15) is 5.82 Å². The minimum absolute atomic E-state index is 0.191. The first kappa shape index (κ1) is 15.1. The summed E-state index contributed by atoms with van der Waals surface area (Å²) in [5, 5.41) is 8.79. The molecule has 0 radical (unpaired) electrons. The Kier molecular flexibility index (Phi) is 4.23. The summed E-state index contributed by atoms with van der Waals surface area (Å²) in [4.78, 5) is 4.35. The van der Waals surface area contributed by atoms with E-state index in [9.17, 15) is 4.39 Å². The summed E-state index contributed by atoms with van der Waals surface area (Å²) in [5.74, 6) is 1.30. The number of pyridine rings is 1. The smallest absolute Gasteiger partial charge is 0.123 e. The average Bonchev–Trinajstić information content (AvgIpc) is 2.53. The van der Waals surface area contributed by atoms with Gasteiger partial charge in [-0.2, -0.15) is 0 Å². The van der Waals surface area contributed by atoms with E-state index in [4.69, 9.17) is 5.41 Å². The highest BCUT2D eigenvalue weighted by molar-refractivity contribution is 5.82. The number of benzene rings is 1. The minimum Gasteiger partial charge on any atom is -0.310 e. The molecule has 0 amide bonds. The van der Waals surface area contributed by atoms with Gasteiger partial charge in [-0.1, -0.05) is 6.92 Å². The van der Waals surface area contributed by atoms with Crippen molar-refractivity contribution in [1.29, 1.82) is 5.41 Å². The molecule has 3 rings (SSSR count). The van der Waals surface area contributed by atoms with Gasteiger partial charge in [-0.3, -0.25) is 4.98 Å². The van der Waals surface area contributed by atoms with Crippen LogP contribution in [0.5, 0.6) is 0 Å². The van der Waals surface area contributed by atoms with E-state index < -0.39 is 0 Å². The molecule has 22 heavy (non-hydrogen) atoms. The first-order chi connectivity index (χ1) is 10.6. The van der Waals surface area contributed by atoms with Gasteiger partial charge in [0.2, 0.25) is 0 Å². The molecule has 1 N–H and O–H groups in total. The summed E-state index contributed by atoms with van der Waals surface area (Å²) in [6.45, 7) is 4.08. The maximum absolute atomic E-state index is 13.6. The van der Waals surface area contributed by atoms with E-state index in [0.29, 0.717) is 17.8 Å². The Morgan fingerprint density at radius 1 is 1.23 bits per heavy atom. The van der Waals surface area contributed by atoms with Crippen molar-refractivity contribution in [1.82, 2.24) is 4.98 Å². The van der Waals surface area contributed by atoms with Gasteiger partial charge in [0, 0.05) is 17.3 Å². The standard InChI is InChI=1S/C19H23FN2/c1-12(13(2)21)14-3-5-15(6-4-14)17-9-10-22-19-8-7-16(20)11-18(17)19/h7-12,14-15,21H,3-6H2,1-2H3. The zero-order valence-electron chi connectivity index (χ0n) is 13.3. The number of hydrogen-bond donors (Lipinski definition) is 1. The topological polar surface area (TPSA) is 36.7 Å². The molecule has 0 aliphatic heterocycles. The Balaban J connectivity index is 1.82. The SMILES string of the molecule is CC(=N)C(C)C1CCC(c2ccnc3ccc(F)cc23)CC1. The predicted octanol–water partition coefficient (Wildman–Crippen LogP) is 5.32. The summed E-state index contributed by atoms with van der Waals surface area (Å²) in [5.41, 5.74) is 2.91. The van der Waals surface area contributed by atoms with Crippen LogP contribution < -0.4 is 0 Å². The quantitative estimate of drug-likeness (QED) is 0.765. The fraction of sp³-hybridized carbons (Fsp3) is 0.474. The fourth-order valence-electron chi connectivity index (χ4n) is 3.78. The van der Waals surface area contributed by atoms with Gasteiger partial charge >= 0.3 is 0 Å². The van der Waals surface area contributed by atoms with Gasteiger partial charge in [-0.15, -0.1) is 0 Å². The molecule has 1 atom stereocenters. The van der Waals surface area contributed by atoms with Gasteiger partial charge in [0.05, 0.1) is 5.52 Å². The Hall–Kier alpha value is -1.77. The van der Waals surface area contributed by atoms with Crippen LogP contribution in [0.4, 0.5) is 4.39 Å². The van der Waals surface area contributed by atoms with Crippen LogP contribution >= 0.6 is 0 Å². The van der Waals surface area contributed by atoms with Crippen LogP contribution in [0.15, 0.2) is 30.5 Å². The van der Waals surface area contributed by atoms with Crippen molar-refractivity contribution in [3.8, 4) is 0 Å². The molecule has 1 fully saturated rings. The molecular weight excluding hydrogens is 275 g/mol. The van der Waals surface area contributed by atoms with Crippen LogP contribution in [0.3, 0.4) is 0 Å². The number of nitrogens with zero attached hydrogens (tertiary/aromatic N) is 1. The van der Waals surface area contributed by atoms with Crippen LogP contribution in [0.1, 0.15) is 51.0 Å². The number of hydrogen-bond acceptors (Lipinski definition) is 2. The highest BCUT2D eigenvalue weighted by Gasteiger charge is 2.27. The van der Waals surface area contributed by atoms with Gasteiger partial charge in [0.25, 0.3) is 0 Å². The third kappa shape index (κ3) is 2.90. The Labute approximate surface area is 131 Å². The summed E-state index contributed by atoms with van der Waals surface area (Å²) in [6, 6.07) is 6.91. The second-order valence-corrected chi connectivity index (χ2v) is 6.65. The predicted molar refractivity (Wildman–Crippen MR) is 89.0 cm³/mol. The molecular formula is C19H23FN2. The molecule has 1 unspecified atom stereocenters. The monoisotopic (exact) mass is 298 g/mol. The summed E-state index contributed by atoms with van der Waals surface area (Å²) in [6.07, 6.45) is 6.39. The second-order valence-electron chi connectivity index (χ2n) is 6.65. The Morgan fingerprint density at radius 2 is 1.95 bits per heavy atom. The lowest BCUT2D eigenvalue weighted by atomic mass is 9.73. The molecule has 116 valence electrons. The molecule has 1 saturated carbocycles. The number of rotatable bonds is 3. The van der Waals surface area contributed by atoms with Crippen LogP contribution in [0, 0.1) is 23.1 Å². The van der Waals surface area contributed by atoms with E-state index >= 15 is 0 Å². The first-order valence-electron chi connectivity index (χ1n) is 8.15. The third-order valence-corrected chi connectivity index (χ3v) is 5.34. The lowest BCUT2D eigenvalue weighted by Gasteiger charge is -2.32. The molecule has 0 bridgehead atoms. The molecule has 1 aliphatic rings. The van der Waals surface area contributed by atoms with Crippen LogP contribution in [-0.2, 0) is 0 Å². The maximum Gasteiger partial charge on any atom is 0.123 e. The van der Waals surface area contributed by atoms with Crippen molar-refractivity contribution in [2.45, 2.75) is 45.4 Å². The molecule has 1 heterocycles. The van der Waals surface area contributed by atoms with Crippen LogP contribution in [0.25, 0.3) is 10.9 Å². The molecule has 1 aliphatic carbocycles. The molecule has 3 heteroatoms. The van der Waals surface area contributed by atoms with Crippen LogP contribution in [0.2, 0.25) is 0 Å². The number of fused-ring (bicyclic) bond motifs is 1. The number of halogens is 1. The maximum atomic E-state index is 13.6. The van der Waals surface area contributed by atoms with Gasteiger partial charge in [-0.05, 0) is 80.2 Å². The molecule has 0 spiro atoms. The zero-order chi connectivity index (χ0) is 15.7. The first-order valence-corrected chi connectivity index (χ1v) is 8.15. The zero-order valence-corrected chi connectivity index (χ0v) is 13.3. The Morgan fingerprint density at radius 3 is 2.64 bits per heavy atom. The minimum atomic E-state index is -0.191. The fourth-order valence-corrected chi connectivity index (χ4v) is 3.78. The molecule has 2 nitrogen and oxygen atoms in total. The van der Waals surface area contributed by atoms with Crippen molar-refractivity contribution in [2.75, 3.05) is 0 Å². The van der Waals surface area contributed by atoms with Crippen molar-refractivity contribution >= 4 is 16.6 Å². The van der Waals surface area contributed by atoms with E-state index in [1.165, 1.54) is 11.6 Å². The molecule has 0 saturated heterocycles. The normalized spacial score (nSPS) is 23.4. The van der Waals surface area contributed by atoms with Gasteiger partial charge < -0.3 is 5.41 Å². The third-order valence-electron chi connectivity index (χ3n) is 5.34. The lowest BCUT2D eigenvalue weighted by Crippen LogP contribution is -2.23. The van der Waals surface area contributed by atoms with E-state index in [1.54, 1.807) is 12.1 Å². The number of nitrogens with one attached hydrogen (secondary N) is 1. The molecule has 1 aromatic heterocycles. The van der Waals surface area contributed by atoms with E-state index in [0.717, 1.165) is 42.3 Å². The van der Waals surface area contributed by atoms with Crippen molar-refractivity contribution in [3.05, 3.63) is 41.8 Å². The van der Waals surface area contributed by atoms with Gasteiger partial charge in [0.15, 0.2) is 0 Å². The van der Waals surface area contributed by atoms with E-state index in [-0.39, 0.29) is 5.82 Å².